The second-order valence-corrected chi connectivity index (χ2v) is 7.88. The van der Waals surface area contributed by atoms with Crippen molar-refractivity contribution in [1.82, 2.24) is 19.8 Å². The second kappa shape index (κ2) is 7.06. The summed E-state index contributed by atoms with van der Waals surface area (Å²) in [6, 6.07) is 0.0551. The van der Waals surface area contributed by atoms with Gasteiger partial charge in [0.05, 0.1) is 12.1 Å². The Hall–Kier alpha value is -2.05. The first-order valence-corrected chi connectivity index (χ1v) is 9.17. The zero-order chi connectivity index (χ0) is 18.0. The fourth-order valence-electron chi connectivity index (χ4n) is 3.84. The molecule has 2 aliphatic heterocycles. The van der Waals surface area contributed by atoms with Crippen molar-refractivity contribution in [3.63, 3.8) is 0 Å². The van der Waals surface area contributed by atoms with Crippen LogP contribution in [0.4, 0.5) is 4.79 Å². The van der Waals surface area contributed by atoms with Crippen molar-refractivity contribution >= 4 is 12.0 Å². The minimum Gasteiger partial charge on any atom is -0.444 e. The molecule has 0 radical (unpaired) electrons. The first-order chi connectivity index (χ1) is 11.9. The predicted molar refractivity (Wildman–Crippen MR) is 93.2 cm³/mol. The maximum absolute atomic E-state index is 12.8. The van der Waals surface area contributed by atoms with Crippen molar-refractivity contribution in [1.29, 1.82) is 0 Å². The lowest BCUT2D eigenvalue weighted by molar-refractivity contribution is 0.00893. The molecule has 2 atom stereocenters. The van der Waals surface area contributed by atoms with Crippen LogP contribution in [0.1, 0.15) is 63.5 Å². The molecule has 1 N–H and O–H groups in total. The van der Waals surface area contributed by atoms with E-state index in [9.17, 15) is 9.59 Å². The van der Waals surface area contributed by atoms with E-state index in [1.165, 1.54) is 0 Å². The molecular formula is C18H28N4O3. The van der Waals surface area contributed by atoms with E-state index in [4.69, 9.17) is 4.74 Å². The Labute approximate surface area is 148 Å². The van der Waals surface area contributed by atoms with E-state index in [2.05, 4.69) is 9.97 Å². The van der Waals surface area contributed by atoms with Crippen LogP contribution in [0.5, 0.6) is 0 Å². The van der Waals surface area contributed by atoms with Crippen LogP contribution in [-0.4, -0.2) is 62.5 Å². The number of fused-ring (bicyclic) bond motifs is 1. The van der Waals surface area contributed by atoms with Gasteiger partial charge in [0.15, 0.2) is 5.82 Å². The standard InChI is InChI=1S/C18H28N4O3/c1-18(2,3)25-17(24)22-11-6-4-5-7-13-14(22)8-12-21(13)16(23)15-19-9-10-20-15/h9-10,13-14H,4-8,11-12H2,1-3H3,(H,19,20)/t13-,14-/m1/s1. The molecule has 7 nitrogen and oxygen atoms in total. The van der Waals surface area contributed by atoms with Gasteiger partial charge in [-0.05, 0) is 40.0 Å². The predicted octanol–water partition coefficient (Wildman–Crippen LogP) is 2.80. The number of rotatable bonds is 1. The molecule has 0 bridgehead atoms. The quantitative estimate of drug-likeness (QED) is 0.846. The molecule has 2 aliphatic rings. The normalized spacial score (nSPS) is 24.4. The van der Waals surface area contributed by atoms with Gasteiger partial charge < -0.3 is 19.5 Å². The Balaban J connectivity index is 1.79. The van der Waals surface area contributed by atoms with Gasteiger partial charge in [-0.25, -0.2) is 9.78 Å². The number of carbonyl (C=O) groups excluding carboxylic acids is 2. The Morgan fingerprint density at radius 2 is 1.88 bits per heavy atom. The first kappa shape index (κ1) is 17.8. The third-order valence-electron chi connectivity index (χ3n) is 4.90. The van der Waals surface area contributed by atoms with Crippen LogP contribution in [0.2, 0.25) is 0 Å². The molecule has 138 valence electrons. The zero-order valence-electron chi connectivity index (χ0n) is 15.3. The molecule has 0 unspecified atom stereocenters. The molecule has 7 heteroatoms. The van der Waals surface area contributed by atoms with Crippen LogP contribution in [-0.2, 0) is 4.74 Å². The van der Waals surface area contributed by atoms with Crippen LogP contribution in [0.15, 0.2) is 12.4 Å². The third-order valence-corrected chi connectivity index (χ3v) is 4.90. The summed E-state index contributed by atoms with van der Waals surface area (Å²) in [5.74, 6) is 0.286. The topological polar surface area (TPSA) is 78.5 Å². The largest absolute Gasteiger partial charge is 0.444 e. The fraction of sp³-hybridized carbons (Fsp3) is 0.722. The van der Waals surface area contributed by atoms with Crippen molar-refractivity contribution in [3.8, 4) is 0 Å². The van der Waals surface area contributed by atoms with E-state index in [1.807, 2.05) is 30.6 Å². The summed E-state index contributed by atoms with van der Waals surface area (Å²) in [4.78, 5) is 36.2. The second-order valence-electron chi connectivity index (χ2n) is 7.88. The van der Waals surface area contributed by atoms with Crippen LogP contribution in [0.25, 0.3) is 0 Å². The van der Waals surface area contributed by atoms with Crippen LogP contribution in [0, 0.1) is 0 Å². The van der Waals surface area contributed by atoms with Crippen LogP contribution >= 0.6 is 0 Å². The van der Waals surface area contributed by atoms with Gasteiger partial charge in [0.2, 0.25) is 0 Å². The number of hydrogen-bond acceptors (Lipinski definition) is 4. The lowest BCUT2D eigenvalue weighted by Crippen LogP contribution is -2.51. The Kier molecular flexibility index (Phi) is 5.01. The number of nitrogens with one attached hydrogen (secondary N) is 1. The van der Waals surface area contributed by atoms with Gasteiger partial charge in [-0.2, -0.15) is 0 Å². The fourth-order valence-corrected chi connectivity index (χ4v) is 3.84. The number of amides is 2. The monoisotopic (exact) mass is 348 g/mol. The molecule has 2 saturated heterocycles. The molecule has 2 amide bonds. The highest BCUT2D eigenvalue weighted by molar-refractivity contribution is 5.91. The zero-order valence-corrected chi connectivity index (χ0v) is 15.3. The van der Waals surface area contributed by atoms with Gasteiger partial charge >= 0.3 is 6.09 Å². The molecule has 25 heavy (non-hydrogen) atoms. The number of ether oxygens (including phenoxy) is 1. The van der Waals surface area contributed by atoms with Gasteiger partial charge in [0.1, 0.15) is 5.60 Å². The molecule has 0 aromatic carbocycles. The average molecular weight is 348 g/mol. The number of imidazole rings is 1. The Morgan fingerprint density at radius 1 is 1.12 bits per heavy atom. The first-order valence-electron chi connectivity index (χ1n) is 9.17. The summed E-state index contributed by atoms with van der Waals surface area (Å²) in [5, 5.41) is 0. The highest BCUT2D eigenvalue weighted by Gasteiger charge is 2.43. The molecule has 1 aromatic heterocycles. The molecule has 1 aromatic rings. The minimum absolute atomic E-state index is 0.0223. The minimum atomic E-state index is -0.517. The average Bonchev–Trinajstić information content (AvgIpc) is 3.14. The summed E-state index contributed by atoms with van der Waals surface area (Å²) in [7, 11) is 0. The van der Waals surface area contributed by atoms with E-state index in [-0.39, 0.29) is 24.1 Å². The molecule has 0 spiro atoms. The van der Waals surface area contributed by atoms with E-state index in [0.29, 0.717) is 18.9 Å². The SMILES string of the molecule is CC(C)(C)OC(=O)N1CCCCC[C@@H]2[C@H]1CCN2C(=O)c1ncc[nH]1. The Morgan fingerprint density at radius 3 is 2.56 bits per heavy atom. The molecule has 0 aliphatic carbocycles. The van der Waals surface area contributed by atoms with Gasteiger partial charge in [-0.15, -0.1) is 0 Å². The van der Waals surface area contributed by atoms with E-state index in [1.54, 1.807) is 12.4 Å². The number of aromatic nitrogens is 2. The van der Waals surface area contributed by atoms with Gasteiger partial charge in [0, 0.05) is 25.5 Å². The maximum Gasteiger partial charge on any atom is 0.410 e. The van der Waals surface area contributed by atoms with Crippen molar-refractivity contribution in [2.45, 2.75) is 70.6 Å². The van der Waals surface area contributed by atoms with E-state index in [0.717, 1.165) is 32.1 Å². The number of aromatic amines is 1. The highest BCUT2D eigenvalue weighted by atomic mass is 16.6. The van der Waals surface area contributed by atoms with E-state index >= 15 is 0 Å². The Bertz CT molecular complexity index is 608. The van der Waals surface area contributed by atoms with Crippen molar-refractivity contribution in [2.24, 2.45) is 0 Å². The lowest BCUT2D eigenvalue weighted by Gasteiger charge is -2.37. The van der Waals surface area contributed by atoms with Gasteiger partial charge in [-0.1, -0.05) is 12.8 Å². The summed E-state index contributed by atoms with van der Waals surface area (Å²) in [6.45, 7) is 6.99. The summed E-state index contributed by atoms with van der Waals surface area (Å²) in [6.07, 6.45) is 7.80. The lowest BCUT2D eigenvalue weighted by atomic mass is 9.97. The summed E-state index contributed by atoms with van der Waals surface area (Å²) in [5.41, 5.74) is -0.517. The number of nitrogens with zero attached hydrogens (tertiary/aromatic N) is 3. The third kappa shape index (κ3) is 3.96. The molecule has 0 saturated carbocycles. The van der Waals surface area contributed by atoms with Gasteiger partial charge in [0.25, 0.3) is 5.91 Å². The molecule has 3 rings (SSSR count). The van der Waals surface area contributed by atoms with Crippen molar-refractivity contribution in [3.05, 3.63) is 18.2 Å². The summed E-state index contributed by atoms with van der Waals surface area (Å²) < 4.78 is 5.61. The maximum atomic E-state index is 12.8. The molecular weight excluding hydrogens is 320 g/mol. The molecule has 2 fully saturated rings. The molecule has 3 heterocycles. The number of likely N-dealkylation sites (tertiary alicyclic amines) is 2. The van der Waals surface area contributed by atoms with E-state index < -0.39 is 5.60 Å². The van der Waals surface area contributed by atoms with Crippen LogP contribution in [0.3, 0.4) is 0 Å². The smallest absolute Gasteiger partial charge is 0.410 e. The number of carbonyl (C=O) groups is 2. The van der Waals surface area contributed by atoms with Crippen molar-refractivity contribution in [2.75, 3.05) is 13.1 Å². The van der Waals surface area contributed by atoms with Gasteiger partial charge in [-0.3, -0.25) is 4.79 Å². The van der Waals surface area contributed by atoms with Crippen LogP contribution < -0.4 is 0 Å². The number of H-pyrrole nitrogens is 1. The summed E-state index contributed by atoms with van der Waals surface area (Å²) >= 11 is 0. The number of hydrogen-bond donors (Lipinski definition) is 1. The van der Waals surface area contributed by atoms with Crippen molar-refractivity contribution < 1.29 is 14.3 Å². The highest BCUT2D eigenvalue weighted by Crippen LogP contribution is 2.31.